The Hall–Kier alpha value is -1.98. The molecule has 2 rings (SSSR count). The molecule has 1 aromatic carbocycles. The summed E-state index contributed by atoms with van der Waals surface area (Å²) in [6, 6.07) is 2.19. The van der Waals surface area contributed by atoms with Crippen LogP contribution in [0.15, 0.2) is 12.1 Å². The molecule has 1 amide bonds. The van der Waals surface area contributed by atoms with Crippen LogP contribution in [-0.2, 0) is 0 Å². The summed E-state index contributed by atoms with van der Waals surface area (Å²) in [5.41, 5.74) is -0.323. The van der Waals surface area contributed by atoms with Crippen LogP contribution in [0.3, 0.4) is 0 Å². The van der Waals surface area contributed by atoms with Gasteiger partial charge in [-0.05, 0) is 31.2 Å². The first kappa shape index (κ1) is 15.4. The molecule has 0 aliphatic carbocycles. The first-order valence-corrected chi connectivity index (χ1v) is 7.17. The first-order valence-electron chi connectivity index (χ1n) is 7.17. The van der Waals surface area contributed by atoms with Crippen LogP contribution in [0, 0.1) is 28.8 Å². The Kier molecular flexibility index (Phi) is 4.55. The maximum Gasteiger partial charge on any atom is 0.270 e. The van der Waals surface area contributed by atoms with Gasteiger partial charge in [-0.15, -0.1) is 0 Å². The molecule has 0 bridgehead atoms. The van der Waals surface area contributed by atoms with Crippen LogP contribution in [0.2, 0.25) is 0 Å². The molecule has 21 heavy (non-hydrogen) atoms. The number of benzene rings is 1. The van der Waals surface area contributed by atoms with Crippen molar-refractivity contribution in [1.82, 2.24) is 4.90 Å². The van der Waals surface area contributed by atoms with Crippen LogP contribution in [0.4, 0.5) is 10.1 Å². The molecule has 1 aromatic rings. The Balaban J connectivity index is 2.32. The number of halogens is 1. The number of hydrogen-bond acceptors (Lipinski definition) is 3. The fraction of sp³-hybridized carbons (Fsp3) is 0.533. The van der Waals surface area contributed by atoms with E-state index in [0.29, 0.717) is 19.0 Å². The molecule has 1 fully saturated rings. The van der Waals surface area contributed by atoms with Crippen LogP contribution < -0.4 is 0 Å². The molecular weight excluding hydrogens is 275 g/mol. The molecule has 0 spiro atoms. The van der Waals surface area contributed by atoms with Gasteiger partial charge in [0.1, 0.15) is 5.82 Å². The van der Waals surface area contributed by atoms with E-state index in [-0.39, 0.29) is 16.8 Å². The average molecular weight is 294 g/mol. The van der Waals surface area contributed by atoms with Gasteiger partial charge in [-0.1, -0.05) is 13.3 Å². The predicted molar refractivity (Wildman–Crippen MR) is 76.7 cm³/mol. The maximum atomic E-state index is 14.2. The van der Waals surface area contributed by atoms with Crippen molar-refractivity contribution in [3.63, 3.8) is 0 Å². The molecule has 114 valence electrons. The van der Waals surface area contributed by atoms with Gasteiger partial charge in [-0.2, -0.15) is 0 Å². The van der Waals surface area contributed by atoms with Crippen LogP contribution in [-0.4, -0.2) is 28.8 Å². The summed E-state index contributed by atoms with van der Waals surface area (Å²) >= 11 is 0. The highest BCUT2D eigenvalue weighted by atomic mass is 19.1. The molecule has 5 nitrogen and oxygen atoms in total. The Bertz CT molecular complexity index is 574. The first-order chi connectivity index (χ1) is 9.93. The Labute approximate surface area is 122 Å². The number of carbonyl (C=O) groups is 1. The fourth-order valence-corrected chi connectivity index (χ4v) is 2.76. The van der Waals surface area contributed by atoms with Gasteiger partial charge in [0.15, 0.2) is 0 Å². The zero-order chi connectivity index (χ0) is 15.6. The second-order valence-electron chi connectivity index (χ2n) is 5.55. The van der Waals surface area contributed by atoms with Gasteiger partial charge < -0.3 is 4.90 Å². The summed E-state index contributed by atoms with van der Waals surface area (Å²) in [6.07, 6.45) is 2.93. The number of nitrogens with zero attached hydrogens (tertiary/aromatic N) is 2. The van der Waals surface area contributed by atoms with Crippen LogP contribution in [0.25, 0.3) is 0 Å². The minimum atomic E-state index is -0.663. The van der Waals surface area contributed by atoms with E-state index in [1.54, 1.807) is 4.90 Å². The zero-order valence-corrected chi connectivity index (χ0v) is 12.3. The number of aryl methyl sites for hydroxylation is 1. The van der Waals surface area contributed by atoms with E-state index in [2.05, 4.69) is 6.92 Å². The van der Waals surface area contributed by atoms with Crippen molar-refractivity contribution in [2.45, 2.75) is 33.1 Å². The molecule has 6 heteroatoms. The standard InChI is InChI=1S/C15H19FN2O3/c1-3-11-5-4-6-17(9-11)15(19)13-8-12(18(20)21)7-10(2)14(13)16/h7-8,11H,3-6,9H2,1-2H3. The number of rotatable bonds is 3. The van der Waals surface area contributed by atoms with E-state index >= 15 is 0 Å². The van der Waals surface area contributed by atoms with Crippen molar-refractivity contribution in [2.75, 3.05) is 13.1 Å². The van der Waals surface area contributed by atoms with E-state index in [1.807, 2.05) is 0 Å². The molecule has 1 aliphatic rings. The third-order valence-corrected chi connectivity index (χ3v) is 4.06. The van der Waals surface area contributed by atoms with Gasteiger partial charge in [0.05, 0.1) is 10.5 Å². The van der Waals surface area contributed by atoms with Crippen LogP contribution in [0.1, 0.15) is 42.1 Å². The van der Waals surface area contributed by atoms with Crippen LogP contribution >= 0.6 is 0 Å². The van der Waals surface area contributed by atoms with Crippen molar-refractivity contribution in [1.29, 1.82) is 0 Å². The average Bonchev–Trinajstić information content (AvgIpc) is 2.49. The lowest BCUT2D eigenvalue weighted by Gasteiger charge is -2.32. The minimum Gasteiger partial charge on any atom is -0.338 e. The van der Waals surface area contributed by atoms with Gasteiger partial charge in [-0.3, -0.25) is 14.9 Å². The summed E-state index contributed by atoms with van der Waals surface area (Å²) in [5, 5.41) is 10.9. The number of piperidine rings is 1. The van der Waals surface area contributed by atoms with Crippen molar-refractivity contribution in [3.8, 4) is 0 Å². The SMILES string of the molecule is CCC1CCCN(C(=O)c2cc([N+](=O)[O-])cc(C)c2F)C1. The summed E-state index contributed by atoms with van der Waals surface area (Å²) in [7, 11) is 0. The molecule has 1 saturated heterocycles. The van der Waals surface area contributed by atoms with Crippen molar-refractivity contribution >= 4 is 11.6 Å². The summed E-state index contributed by atoms with van der Waals surface area (Å²) in [6.45, 7) is 4.67. The van der Waals surface area contributed by atoms with Crippen molar-refractivity contribution in [3.05, 3.63) is 39.2 Å². The number of non-ortho nitro benzene ring substituents is 1. The lowest BCUT2D eigenvalue weighted by Crippen LogP contribution is -2.40. The second-order valence-corrected chi connectivity index (χ2v) is 5.55. The van der Waals surface area contributed by atoms with Gasteiger partial charge in [-0.25, -0.2) is 4.39 Å². The monoisotopic (exact) mass is 294 g/mol. The highest BCUT2D eigenvalue weighted by Crippen LogP contribution is 2.25. The smallest absolute Gasteiger partial charge is 0.270 e. The number of likely N-dealkylation sites (tertiary alicyclic amines) is 1. The predicted octanol–water partition coefficient (Wildman–Crippen LogP) is 3.30. The zero-order valence-electron chi connectivity index (χ0n) is 12.3. The molecule has 0 saturated carbocycles. The minimum absolute atomic E-state index is 0.122. The summed E-state index contributed by atoms with van der Waals surface area (Å²) < 4.78 is 14.2. The normalized spacial score (nSPS) is 18.6. The van der Waals surface area contributed by atoms with E-state index in [9.17, 15) is 19.3 Å². The molecule has 1 heterocycles. The summed E-state index contributed by atoms with van der Waals surface area (Å²) in [4.78, 5) is 24.4. The quantitative estimate of drug-likeness (QED) is 0.634. The molecular formula is C15H19FN2O3. The lowest BCUT2D eigenvalue weighted by molar-refractivity contribution is -0.385. The third-order valence-electron chi connectivity index (χ3n) is 4.06. The van der Waals surface area contributed by atoms with Gasteiger partial charge in [0, 0.05) is 25.2 Å². The Morgan fingerprint density at radius 3 is 2.86 bits per heavy atom. The molecule has 0 aromatic heterocycles. The van der Waals surface area contributed by atoms with E-state index in [1.165, 1.54) is 6.92 Å². The lowest BCUT2D eigenvalue weighted by atomic mass is 9.95. The number of hydrogen-bond donors (Lipinski definition) is 0. The maximum absolute atomic E-state index is 14.2. The summed E-state index contributed by atoms with van der Waals surface area (Å²) in [5.74, 6) is -0.688. The number of amides is 1. The van der Waals surface area contributed by atoms with Gasteiger partial charge in [0.2, 0.25) is 0 Å². The molecule has 0 N–H and O–H groups in total. The highest BCUT2D eigenvalue weighted by molar-refractivity contribution is 5.95. The molecule has 1 atom stereocenters. The third kappa shape index (κ3) is 3.20. The van der Waals surface area contributed by atoms with E-state index in [0.717, 1.165) is 31.4 Å². The Morgan fingerprint density at radius 2 is 2.24 bits per heavy atom. The van der Waals surface area contributed by atoms with Crippen LogP contribution in [0.5, 0.6) is 0 Å². The van der Waals surface area contributed by atoms with E-state index in [4.69, 9.17) is 0 Å². The van der Waals surface area contributed by atoms with Gasteiger partial charge in [0.25, 0.3) is 11.6 Å². The fourth-order valence-electron chi connectivity index (χ4n) is 2.76. The van der Waals surface area contributed by atoms with E-state index < -0.39 is 16.6 Å². The largest absolute Gasteiger partial charge is 0.338 e. The number of nitro groups is 1. The van der Waals surface area contributed by atoms with Gasteiger partial charge >= 0.3 is 0 Å². The molecule has 1 unspecified atom stereocenters. The van der Waals surface area contributed by atoms with Crippen molar-refractivity contribution in [2.24, 2.45) is 5.92 Å². The number of nitro benzene ring substituents is 1. The highest BCUT2D eigenvalue weighted by Gasteiger charge is 2.27. The Morgan fingerprint density at radius 1 is 1.52 bits per heavy atom. The van der Waals surface area contributed by atoms with Crippen molar-refractivity contribution < 1.29 is 14.1 Å². The topological polar surface area (TPSA) is 63.5 Å². The number of carbonyl (C=O) groups excluding carboxylic acids is 1. The molecule has 0 radical (unpaired) electrons. The molecule has 1 aliphatic heterocycles. The second kappa shape index (κ2) is 6.20.